The highest BCUT2D eigenvalue weighted by molar-refractivity contribution is 5.74. The fourth-order valence-corrected chi connectivity index (χ4v) is 2.24. The van der Waals surface area contributed by atoms with Gasteiger partial charge < -0.3 is 5.11 Å². The van der Waals surface area contributed by atoms with Gasteiger partial charge in [-0.1, -0.05) is 26.7 Å². The van der Waals surface area contributed by atoms with E-state index in [1.807, 2.05) is 6.92 Å². The summed E-state index contributed by atoms with van der Waals surface area (Å²) in [6.07, 6.45) is 4.56. The van der Waals surface area contributed by atoms with Crippen molar-refractivity contribution < 1.29 is 9.90 Å². The van der Waals surface area contributed by atoms with Crippen LogP contribution in [0.25, 0.3) is 0 Å². The highest BCUT2D eigenvalue weighted by atomic mass is 16.4. The van der Waals surface area contributed by atoms with Crippen molar-refractivity contribution in [2.24, 2.45) is 5.92 Å². The summed E-state index contributed by atoms with van der Waals surface area (Å²) in [4.78, 5) is 13.1. The summed E-state index contributed by atoms with van der Waals surface area (Å²) in [5.41, 5.74) is 0. The third-order valence-electron chi connectivity index (χ3n) is 3.11. The molecule has 1 N–H and O–H groups in total. The van der Waals surface area contributed by atoms with E-state index in [4.69, 9.17) is 5.11 Å². The molecule has 1 saturated heterocycles. The zero-order valence-corrected chi connectivity index (χ0v) is 9.20. The standard InChI is InChI=1S/C11H21NO2/c1-3-4-5-7-12-8-6-9(2)10(12)11(13)14/h9-10H,3-8H2,1-2H3,(H,13,14). The van der Waals surface area contributed by atoms with Crippen LogP contribution in [0.3, 0.4) is 0 Å². The van der Waals surface area contributed by atoms with Crippen LogP contribution in [0.4, 0.5) is 0 Å². The van der Waals surface area contributed by atoms with E-state index in [9.17, 15) is 4.79 Å². The number of unbranched alkanes of at least 4 members (excludes halogenated alkanes) is 2. The Hall–Kier alpha value is -0.570. The highest BCUT2D eigenvalue weighted by Gasteiger charge is 2.35. The fraction of sp³-hybridized carbons (Fsp3) is 0.909. The van der Waals surface area contributed by atoms with Crippen LogP contribution in [0, 0.1) is 5.92 Å². The molecule has 2 unspecified atom stereocenters. The third-order valence-corrected chi connectivity index (χ3v) is 3.11. The van der Waals surface area contributed by atoms with Gasteiger partial charge in [0.15, 0.2) is 0 Å². The minimum absolute atomic E-state index is 0.230. The summed E-state index contributed by atoms with van der Waals surface area (Å²) in [6, 6.07) is -0.230. The van der Waals surface area contributed by atoms with Gasteiger partial charge in [0.25, 0.3) is 0 Å². The van der Waals surface area contributed by atoms with Crippen molar-refractivity contribution in [3.63, 3.8) is 0 Å². The summed E-state index contributed by atoms with van der Waals surface area (Å²) in [5.74, 6) is -0.333. The average molecular weight is 199 g/mol. The van der Waals surface area contributed by atoms with Gasteiger partial charge in [-0.25, -0.2) is 0 Å². The van der Waals surface area contributed by atoms with Crippen LogP contribution in [0.15, 0.2) is 0 Å². The fourth-order valence-electron chi connectivity index (χ4n) is 2.24. The first-order chi connectivity index (χ1) is 6.66. The van der Waals surface area contributed by atoms with E-state index in [1.165, 1.54) is 12.8 Å². The Balaban J connectivity index is 2.39. The number of carboxylic acids is 1. The first kappa shape index (κ1) is 11.5. The molecule has 1 aliphatic heterocycles. The van der Waals surface area contributed by atoms with Gasteiger partial charge in [0.1, 0.15) is 6.04 Å². The summed E-state index contributed by atoms with van der Waals surface area (Å²) < 4.78 is 0. The molecule has 0 aliphatic carbocycles. The van der Waals surface area contributed by atoms with Crippen LogP contribution >= 0.6 is 0 Å². The van der Waals surface area contributed by atoms with Crippen molar-refractivity contribution in [2.45, 2.75) is 45.6 Å². The summed E-state index contributed by atoms with van der Waals surface area (Å²) in [7, 11) is 0. The molecule has 0 saturated carbocycles. The first-order valence-electron chi connectivity index (χ1n) is 5.63. The van der Waals surface area contributed by atoms with Gasteiger partial charge in [0, 0.05) is 0 Å². The van der Waals surface area contributed by atoms with Gasteiger partial charge in [0.2, 0.25) is 0 Å². The third kappa shape index (κ3) is 2.71. The van der Waals surface area contributed by atoms with Gasteiger partial charge >= 0.3 is 5.97 Å². The molecular weight excluding hydrogens is 178 g/mol. The number of carbonyl (C=O) groups is 1. The van der Waals surface area contributed by atoms with Crippen LogP contribution in [-0.4, -0.2) is 35.1 Å². The molecule has 2 atom stereocenters. The summed E-state index contributed by atoms with van der Waals surface area (Å²) in [5, 5.41) is 9.07. The van der Waals surface area contributed by atoms with E-state index in [0.29, 0.717) is 5.92 Å². The number of rotatable bonds is 5. The average Bonchev–Trinajstić information content (AvgIpc) is 2.47. The molecule has 3 heteroatoms. The van der Waals surface area contributed by atoms with Crippen molar-refractivity contribution in [1.82, 2.24) is 4.90 Å². The Kier molecular flexibility index (Phi) is 4.39. The van der Waals surface area contributed by atoms with Crippen LogP contribution in [0.5, 0.6) is 0 Å². The van der Waals surface area contributed by atoms with Crippen LogP contribution in [0.1, 0.15) is 39.5 Å². The zero-order chi connectivity index (χ0) is 10.6. The molecule has 1 heterocycles. The molecule has 3 nitrogen and oxygen atoms in total. The molecular formula is C11H21NO2. The molecule has 0 bridgehead atoms. The normalized spacial score (nSPS) is 28.1. The lowest BCUT2D eigenvalue weighted by molar-refractivity contribution is -0.143. The number of nitrogens with zero attached hydrogens (tertiary/aromatic N) is 1. The van der Waals surface area contributed by atoms with Crippen molar-refractivity contribution in [1.29, 1.82) is 0 Å². The predicted molar refractivity (Wildman–Crippen MR) is 56.3 cm³/mol. The van der Waals surface area contributed by atoms with Crippen LogP contribution < -0.4 is 0 Å². The number of likely N-dealkylation sites (tertiary alicyclic amines) is 1. The molecule has 82 valence electrons. The number of aliphatic carboxylic acids is 1. The lowest BCUT2D eigenvalue weighted by atomic mass is 10.0. The molecule has 0 aromatic rings. The molecule has 0 aromatic carbocycles. The lowest BCUT2D eigenvalue weighted by Gasteiger charge is -2.22. The minimum atomic E-state index is -0.647. The zero-order valence-electron chi connectivity index (χ0n) is 9.20. The van der Waals surface area contributed by atoms with E-state index in [2.05, 4.69) is 11.8 Å². The predicted octanol–water partition coefficient (Wildman–Crippen LogP) is 1.97. The summed E-state index contributed by atoms with van der Waals surface area (Å²) >= 11 is 0. The highest BCUT2D eigenvalue weighted by Crippen LogP contribution is 2.24. The van der Waals surface area contributed by atoms with E-state index in [-0.39, 0.29) is 6.04 Å². The smallest absolute Gasteiger partial charge is 0.321 e. The number of hydrogen-bond donors (Lipinski definition) is 1. The Morgan fingerprint density at radius 3 is 2.79 bits per heavy atom. The first-order valence-corrected chi connectivity index (χ1v) is 5.63. The van der Waals surface area contributed by atoms with Gasteiger partial charge in [-0.05, 0) is 31.8 Å². The van der Waals surface area contributed by atoms with Crippen molar-refractivity contribution in [2.75, 3.05) is 13.1 Å². The van der Waals surface area contributed by atoms with E-state index < -0.39 is 5.97 Å². The molecule has 0 radical (unpaired) electrons. The summed E-state index contributed by atoms with van der Waals surface area (Å²) in [6.45, 7) is 6.12. The van der Waals surface area contributed by atoms with E-state index in [1.54, 1.807) is 0 Å². The second kappa shape index (κ2) is 5.35. The SMILES string of the molecule is CCCCCN1CCC(C)C1C(=O)O. The van der Waals surface area contributed by atoms with E-state index >= 15 is 0 Å². The Morgan fingerprint density at radius 2 is 2.21 bits per heavy atom. The second-order valence-electron chi connectivity index (χ2n) is 4.29. The van der Waals surface area contributed by atoms with Gasteiger partial charge in [-0.2, -0.15) is 0 Å². The molecule has 0 amide bonds. The van der Waals surface area contributed by atoms with Crippen LogP contribution in [0.2, 0.25) is 0 Å². The topological polar surface area (TPSA) is 40.5 Å². The number of carboxylic acid groups (broad SMARTS) is 1. The maximum Gasteiger partial charge on any atom is 0.321 e. The van der Waals surface area contributed by atoms with Gasteiger partial charge in [0.05, 0.1) is 0 Å². The Labute approximate surface area is 86.1 Å². The second-order valence-corrected chi connectivity index (χ2v) is 4.29. The maximum absolute atomic E-state index is 11.0. The molecule has 0 aromatic heterocycles. The molecule has 0 spiro atoms. The quantitative estimate of drug-likeness (QED) is 0.688. The Morgan fingerprint density at radius 1 is 1.50 bits per heavy atom. The van der Waals surface area contributed by atoms with Crippen LogP contribution in [-0.2, 0) is 4.79 Å². The maximum atomic E-state index is 11.0. The van der Waals surface area contributed by atoms with Crippen molar-refractivity contribution in [3.8, 4) is 0 Å². The number of hydrogen-bond acceptors (Lipinski definition) is 2. The van der Waals surface area contributed by atoms with Crippen molar-refractivity contribution in [3.05, 3.63) is 0 Å². The molecule has 1 rings (SSSR count). The monoisotopic (exact) mass is 199 g/mol. The molecule has 1 aliphatic rings. The molecule has 14 heavy (non-hydrogen) atoms. The van der Waals surface area contributed by atoms with Gasteiger partial charge in [-0.3, -0.25) is 9.69 Å². The minimum Gasteiger partial charge on any atom is -0.480 e. The van der Waals surface area contributed by atoms with Gasteiger partial charge in [-0.15, -0.1) is 0 Å². The Bertz CT molecular complexity index is 194. The van der Waals surface area contributed by atoms with Crippen molar-refractivity contribution >= 4 is 5.97 Å². The largest absolute Gasteiger partial charge is 0.480 e. The van der Waals surface area contributed by atoms with E-state index in [0.717, 1.165) is 25.9 Å². The lowest BCUT2D eigenvalue weighted by Crippen LogP contribution is -2.39. The molecule has 1 fully saturated rings.